The highest BCUT2D eigenvalue weighted by Gasteiger charge is 2.51. The lowest BCUT2D eigenvalue weighted by Crippen LogP contribution is -2.28. The number of carbonyl (C=O) groups is 1. The molecule has 1 aliphatic carbocycles. The lowest BCUT2D eigenvalue weighted by Gasteiger charge is -2.18. The van der Waals surface area contributed by atoms with Crippen LogP contribution in [-0.4, -0.2) is 12.7 Å². The van der Waals surface area contributed by atoms with Crippen LogP contribution in [0.5, 0.6) is 11.5 Å². The molecule has 1 heterocycles. The van der Waals surface area contributed by atoms with Crippen molar-refractivity contribution >= 4 is 11.6 Å². The third-order valence-electron chi connectivity index (χ3n) is 5.74. The van der Waals surface area contributed by atoms with Crippen LogP contribution in [-0.2, 0) is 16.4 Å². The fraction of sp³-hybridized carbons (Fsp3) is 0.208. The van der Waals surface area contributed by atoms with Crippen molar-refractivity contribution in [1.82, 2.24) is 0 Å². The van der Waals surface area contributed by atoms with Gasteiger partial charge in [0.25, 0.3) is 0 Å². The molecule has 31 heavy (non-hydrogen) atoms. The Morgan fingerprint density at radius 2 is 1.61 bits per heavy atom. The lowest BCUT2D eigenvalue weighted by molar-refractivity contribution is -0.137. The quantitative estimate of drug-likeness (QED) is 0.577. The second-order valence-electron chi connectivity index (χ2n) is 7.77. The lowest BCUT2D eigenvalue weighted by atomic mass is 9.94. The predicted molar refractivity (Wildman–Crippen MR) is 109 cm³/mol. The van der Waals surface area contributed by atoms with Crippen LogP contribution in [0.2, 0.25) is 0 Å². The average Bonchev–Trinajstić information content (AvgIpc) is 3.44. The van der Waals surface area contributed by atoms with E-state index in [1.807, 2.05) is 6.07 Å². The zero-order valence-corrected chi connectivity index (χ0v) is 16.3. The number of rotatable bonds is 4. The molecule has 1 saturated carbocycles. The van der Waals surface area contributed by atoms with Gasteiger partial charge in [-0.3, -0.25) is 4.79 Å². The Bertz CT molecular complexity index is 1150. The van der Waals surface area contributed by atoms with Crippen molar-refractivity contribution in [3.05, 3.63) is 77.9 Å². The molecule has 0 radical (unpaired) electrons. The minimum absolute atomic E-state index is 0.116. The molecule has 0 spiro atoms. The molecule has 1 fully saturated rings. The van der Waals surface area contributed by atoms with E-state index < -0.39 is 17.2 Å². The normalized spacial score (nSPS) is 16.1. The molecule has 4 nitrogen and oxygen atoms in total. The number of amides is 1. The van der Waals surface area contributed by atoms with E-state index in [2.05, 4.69) is 5.32 Å². The molecule has 158 valence electrons. The maximum Gasteiger partial charge on any atom is 0.416 e. The number of hydrogen-bond acceptors (Lipinski definition) is 3. The third kappa shape index (κ3) is 3.60. The number of ether oxygens (including phenoxy) is 2. The molecule has 0 saturated heterocycles. The van der Waals surface area contributed by atoms with Crippen LogP contribution in [0.4, 0.5) is 18.9 Å². The van der Waals surface area contributed by atoms with Gasteiger partial charge in [0.1, 0.15) is 0 Å². The number of carbonyl (C=O) groups excluding carboxylic acids is 1. The Morgan fingerprint density at radius 3 is 2.32 bits per heavy atom. The van der Waals surface area contributed by atoms with Crippen LogP contribution in [0, 0.1) is 0 Å². The van der Waals surface area contributed by atoms with Crippen molar-refractivity contribution in [1.29, 1.82) is 0 Å². The summed E-state index contributed by atoms with van der Waals surface area (Å²) in [7, 11) is 0. The zero-order chi connectivity index (χ0) is 21.6. The molecule has 1 amide bonds. The fourth-order valence-electron chi connectivity index (χ4n) is 3.88. The molecule has 0 atom stereocenters. The molecule has 3 aromatic rings. The van der Waals surface area contributed by atoms with Gasteiger partial charge in [0.05, 0.1) is 11.0 Å². The topological polar surface area (TPSA) is 47.6 Å². The maximum atomic E-state index is 13.5. The minimum Gasteiger partial charge on any atom is -0.454 e. The van der Waals surface area contributed by atoms with Crippen molar-refractivity contribution in [2.45, 2.75) is 24.4 Å². The number of anilines is 1. The number of hydrogen-bond donors (Lipinski definition) is 1. The zero-order valence-electron chi connectivity index (χ0n) is 16.3. The number of fused-ring (bicyclic) bond motifs is 1. The van der Waals surface area contributed by atoms with E-state index in [9.17, 15) is 18.0 Å². The second-order valence-corrected chi connectivity index (χ2v) is 7.77. The van der Waals surface area contributed by atoms with Crippen molar-refractivity contribution < 1.29 is 27.4 Å². The molecular weight excluding hydrogens is 407 g/mol. The van der Waals surface area contributed by atoms with Gasteiger partial charge in [-0.25, -0.2) is 0 Å². The number of alkyl halides is 3. The summed E-state index contributed by atoms with van der Waals surface area (Å²) < 4.78 is 51.2. The van der Waals surface area contributed by atoms with E-state index >= 15 is 0 Å². The highest BCUT2D eigenvalue weighted by atomic mass is 19.4. The van der Waals surface area contributed by atoms with Gasteiger partial charge in [-0.15, -0.1) is 0 Å². The van der Waals surface area contributed by atoms with Crippen LogP contribution >= 0.6 is 0 Å². The standard InChI is InChI=1S/C24H18F3NO3/c25-24(26,27)18-10-16(15-4-2-1-3-5-15)11-19(12-18)28-22(29)23(8-9-23)17-6-7-20-21(13-17)31-14-30-20/h1-7,10-13H,8-9,14H2,(H,28,29). The van der Waals surface area contributed by atoms with Crippen molar-refractivity contribution in [2.24, 2.45) is 0 Å². The summed E-state index contributed by atoms with van der Waals surface area (Å²) in [5.74, 6) is 0.858. The number of nitrogens with one attached hydrogen (secondary N) is 1. The van der Waals surface area contributed by atoms with E-state index in [1.165, 1.54) is 0 Å². The second kappa shape index (κ2) is 7.04. The summed E-state index contributed by atoms with van der Waals surface area (Å²) in [6, 6.07) is 17.7. The molecule has 0 bridgehead atoms. The Labute approximate surface area is 176 Å². The summed E-state index contributed by atoms with van der Waals surface area (Å²) in [4.78, 5) is 13.1. The summed E-state index contributed by atoms with van der Waals surface area (Å²) in [5.41, 5.74) is 0.328. The largest absolute Gasteiger partial charge is 0.454 e. The van der Waals surface area contributed by atoms with Crippen molar-refractivity contribution in [2.75, 3.05) is 12.1 Å². The minimum atomic E-state index is -4.53. The first-order valence-electron chi connectivity index (χ1n) is 9.84. The molecule has 0 aromatic heterocycles. The smallest absolute Gasteiger partial charge is 0.416 e. The van der Waals surface area contributed by atoms with Gasteiger partial charge in [-0.1, -0.05) is 36.4 Å². The first-order valence-corrected chi connectivity index (χ1v) is 9.84. The number of benzene rings is 3. The summed E-state index contributed by atoms with van der Waals surface area (Å²) in [6.07, 6.45) is -3.30. The monoisotopic (exact) mass is 425 g/mol. The Hall–Kier alpha value is -3.48. The summed E-state index contributed by atoms with van der Waals surface area (Å²) in [6.45, 7) is 0.129. The van der Waals surface area contributed by atoms with Gasteiger partial charge in [0.15, 0.2) is 11.5 Å². The van der Waals surface area contributed by atoms with Gasteiger partial charge >= 0.3 is 6.18 Å². The summed E-state index contributed by atoms with van der Waals surface area (Å²) in [5, 5.41) is 2.72. The molecule has 1 N–H and O–H groups in total. The fourth-order valence-corrected chi connectivity index (χ4v) is 3.88. The third-order valence-corrected chi connectivity index (χ3v) is 5.74. The molecule has 1 aliphatic heterocycles. The highest BCUT2D eigenvalue weighted by molar-refractivity contribution is 6.02. The van der Waals surface area contributed by atoms with Crippen LogP contribution in [0.3, 0.4) is 0 Å². The Kier molecular flexibility index (Phi) is 4.43. The van der Waals surface area contributed by atoms with Crippen LogP contribution in [0.25, 0.3) is 11.1 Å². The SMILES string of the molecule is O=C(Nc1cc(-c2ccccc2)cc(C(F)(F)F)c1)C1(c2ccc3c(c2)OCO3)CC1. The van der Waals surface area contributed by atoms with Gasteiger partial charge in [-0.05, 0) is 59.9 Å². The molecule has 3 aromatic carbocycles. The first-order chi connectivity index (χ1) is 14.8. The van der Waals surface area contributed by atoms with E-state index in [-0.39, 0.29) is 18.4 Å². The van der Waals surface area contributed by atoms with Gasteiger partial charge in [-0.2, -0.15) is 13.2 Å². The Morgan fingerprint density at radius 1 is 0.871 bits per heavy atom. The van der Waals surface area contributed by atoms with E-state index in [1.54, 1.807) is 48.5 Å². The molecule has 2 aliphatic rings. The molecule has 0 unspecified atom stereocenters. The first kappa shape index (κ1) is 19.5. The van der Waals surface area contributed by atoms with Gasteiger partial charge in [0, 0.05) is 5.69 Å². The number of halogens is 3. The van der Waals surface area contributed by atoms with E-state index in [4.69, 9.17) is 9.47 Å². The van der Waals surface area contributed by atoms with Crippen LogP contribution < -0.4 is 14.8 Å². The average molecular weight is 425 g/mol. The van der Waals surface area contributed by atoms with Crippen molar-refractivity contribution in [3.8, 4) is 22.6 Å². The molecular formula is C24H18F3NO3. The highest BCUT2D eigenvalue weighted by Crippen LogP contribution is 2.51. The van der Waals surface area contributed by atoms with E-state index in [0.29, 0.717) is 35.5 Å². The summed E-state index contributed by atoms with van der Waals surface area (Å²) >= 11 is 0. The predicted octanol–water partition coefficient (Wildman–Crippen LogP) is 5.77. The van der Waals surface area contributed by atoms with Crippen molar-refractivity contribution in [3.63, 3.8) is 0 Å². The van der Waals surface area contributed by atoms with Crippen LogP contribution in [0.15, 0.2) is 66.7 Å². The van der Waals surface area contributed by atoms with Gasteiger partial charge in [0.2, 0.25) is 12.7 Å². The Balaban J connectivity index is 1.47. The van der Waals surface area contributed by atoms with Gasteiger partial charge < -0.3 is 14.8 Å². The van der Waals surface area contributed by atoms with E-state index in [0.717, 1.165) is 17.7 Å². The molecule has 7 heteroatoms. The molecule has 5 rings (SSSR count). The van der Waals surface area contributed by atoms with Crippen LogP contribution in [0.1, 0.15) is 24.0 Å². The maximum absolute atomic E-state index is 13.5.